The lowest BCUT2D eigenvalue weighted by atomic mass is 10.0. The zero-order valence-electron chi connectivity index (χ0n) is 16.8. The van der Waals surface area contributed by atoms with E-state index in [0.29, 0.717) is 24.3 Å². The second kappa shape index (κ2) is 6.95. The van der Waals surface area contributed by atoms with Gasteiger partial charge in [0.25, 0.3) is 10.0 Å². The molecule has 2 heterocycles. The Morgan fingerprint density at radius 1 is 1.14 bits per heavy atom. The standard InChI is InChI=1S/C21H25N3O4S/c1-21(2)14-24(17-8-5-4-7-16(17)22-21)29(26,27)19-13-15(10-11-18(19)28-3)23-12-6-9-20(23)25/h4-5,7-8,10-11,13,22H,6,9,12,14H2,1-3H3. The van der Waals surface area contributed by atoms with Crippen molar-refractivity contribution in [2.75, 3.05) is 34.7 Å². The first-order valence-electron chi connectivity index (χ1n) is 9.61. The van der Waals surface area contributed by atoms with E-state index in [9.17, 15) is 13.2 Å². The second-order valence-electron chi connectivity index (χ2n) is 8.02. The van der Waals surface area contributed by atoms with Crippen LogP contribution in [-0.2, 0) is 14.8 Å². The lowest BCUT2D eigenvalue weighted by Gasteiger charge is -2.41. The third-order valence-corrected chi connectivity index (χ3v) is 7.07. The molecular formula is C21H25N3O4S. The molecule has 0 bridgehead atoms. The highest BCUT2D eigenvalue weighted by Crippen LogP contribution is 2.40. The SMILES string of the molecule is COc1ccc(N2CCCC2=O)cc1S(=O)(=O)N1CC(C)(C)Nc2ccccc21. The fourth-order valence-corrected chi connectivity index (χ4v) is 5.76. The number of amides is 1. The molecule has 1 fully saturated rings. The molecule has 29 heavy (non-hydrogen) atoms. The molecule has 0 saturated carbocycles. The molecule has 154 valence electrons. The predicted molar refractivity (Wildman–Crippen MR) is 113 cm³/mol. The molecule has 0 aromatic heterocycles. The third kappa shape index (κ3) is 3.42. The number of carbonyl (C=O) groups is 1. The number of rotatable bonds is 4. The van der Waals surface area contributed by atoms with Gasteiger partial charge in [-0.25, -0.2) is 8.42 Å². The van der Waals surface area contributed by atoms with Gasteiger partial charge in [-0.05, 0) is 50.6 Å². The van der Waals surface area contributed by atoms with Crippen molar-refractivity contribution in [3.05, 3.63) is 42.5 Å². The van der Waals surface area contributed by atoms with E-state index in [1.807, 2.05) is 32.0 Å². The van der Waals surface area contributed by atoms with E-state index in [0.717, 1.165) is 12.1 Å². The van der Waals surface area contributed by atoms with E-state index < -0.39 is 15.6 Å². The van der Waals surface area contributed by atoms with Gasteiger partial charge in [-0.2, -0.15) is 0 Å². The summed E-state index contributed by atoms with van der Waals surface area (Å²) in [5.74, 6) is 0.265. The number of carbonyl (C=O) groups excluding carboxylic acids is 1. The number of hydrogen-bond donors (Lipinski definition) is 1. The maximum Gasteiger partial charge on any atom is 0.268 e. The molecule has 1 amide bonds. The van der Waals surface area contributed by atoms with Crippen molar-refractivity contribution in [1.29, 1.82) is 0 Å². The molecule has 2 aliphatic rings. The monoisotopic (exact) mass is 415 g/mol. The van der Waals surface area contributed by atoms with Gasteiger partial charge in [0.1, 0.15) is 10.6 Å². The molecule has 2 aromatic rings. The van der Waals surface area contributed by atoms with E-state index in [4.69, 9.17) is 4.74 Å². The van der Waals surface area contributed by atoms with Crippen LogP contribution >= 0.6 is 0 Å². The van der Waals surface area contributed by atoms with E-state index in [1.165, 1.54) is 11.4 Å². The number of methoxy groups -OCH3 is 1. The zero-order chi connectivity index (χ0) is 20.8. The average molecular weight is 416 g/mol. The van der Waals surface area contributed by atoms with Crippen LogP contribution in [-0.4, -0.2) is 40.1 Å². The molecule has 0 spiro atoms. The Morgan fingerprint density at radius 3 is 2.59 bits per heavy atom. The normalized spacial score (nSPS) is 18.4. The highest BCUT2D eigenvalue weighted by molar-refractivity contribution is 7.93. The van der Waals surface area contributed by atoms with Crippen molar-refractivity contribution < 1.29 is 17.9 Å². The number of nitrogens with zero attached hydrogens (tertiary/aromatic N) is 2. The molecule has 0 radical (unpaired) electrons. The molecule has 2 aromatic carbocycles. The first-order valence-corrected chi connectivity index (χ1v) is 11.1. The van der Waals surface area contributed by atoms with Crippen LogP contribution in [0.2, 0.25) is 0 Å². The van der Waals surface area contributed by atoms with Crippen LogP contribution in [0.25, 0.3) is 0 Å². The minimum Gasteiger partial charge on any atom is -0.495 e. The minimum atomic E-state index is -3.93. The Hall–Kier alpha value is -2.74. The van der Waals surface area contributed by atoms with Crippen LogP contribution in [0.5, 0.6) is 5.75 Å². The summed E-state index contributed by atoms with van der Waals surface area (Å²) in [6.45, 7) is 4.78. The molecule has 0 unspecified atom stereocenters. The number of ether oxygens (including phenoxy) is 1. The molecule has 8 heteroatoms. The Bertz CT molecular complexity index is 1070. The Kier molecular flexibility index (Phi) is 4.69. The van der Waals surface area contributed by atoms with Crippen molar-refractivity contribution in [3.63, 3.8) is 0 Å². The van der Waals surface area contributed by atoms with Crippen LogP contribution in [0.1, 0.15) is 26.7 Å². The third-order valence-electron chi connectivity index (χ3n) is 5.29. The van der Waals surface area contributed by atoms with Gasteiger partial charge in [-0.1, -0.05) is 12.1 Å². The fraction of sp³-hybridized carbons (Fsp3) is 0.381. The Labute approximate surface area is 171 Å². The first-order chi connectivity index (χ1) is 13.7. The lowest BCUT2D eigenvalue weighted by Crippen LogP contribution is -2.50. The van der Waals surface area contributed by atoms with E-state index >= 15 is 0 Å². The summed E-state index contributed by atoms with van der Waals surface area (Å²) in [6.07, 6.45) is 1.25. The first kappa shape index (κ1) is 19.6. The maximum atomic E-state index is 13.8. The second-order valence-corrected chi connectivity index (χ2v) is 9.85. The average Bonchev–Trinajstić information content (AvgIpc) is 3.12. The van der Waals surface area contributed by atoms with Gasteiger partial charge in [0.05, 0.1) is 30.6 Å². The molecule has 4 rings (SSSR count). The number of fused-ring (bicyclic) bond motifs is 1. The maximum absolute atomic E-state index is 13.8. The summed E-state index contributed by atoms with van der Waals surface area (Å²) < 4.78 is 34.4. The van der Waals surface area contributed by atoms with Crippen LogP contribution < -0.4 is 19.3 Å². The summed E-state index contributed by atoms with van der Waals surface area (Å²) >= 11 is 0. The Morgan fingerprint density at radius 2 is 1.90 bits per heavy atom. The molecule has 1 saturated heterocycles. The van der Waals surface area contributed by atoms with Crippen molar-refractivity contribution in [3.8, 4) is 5.75 Å². The quantitative estimate of drug-likeness (QED) is 0.830. The number of anilines is 3. The zero-order valence-corrected chi connectivity index (χ0v) is 17.6. The molecule has 7 nitrogen and oxygen atoms in total. The van der Waals surface area contributed by atoms with Crippen molar-refractivity contribution in [1.82, 2.24) is 0 Å². The topological polar surface area (TPSA) is 79.0 Å². The van der Waals surface area contributed by atoms with Crippen molar-refractivity contribution in [2.24, 2.45) is 0 Å². The number of sulfonamides is 1. The van der Waals surface area contributed by atoms with Gasteiger partial charge in [-0.3, -0.25) is 9.10 Å². The van der Waals surface area contributed by atoms with Gasteiger partial charge in [-0.15, -0.1) is 0 Å². The predicted octanol–water partition coefficient (Wildman–Crippen LogP) is 3.22. The van der Waals surface area contributed by atoms with Crippen molar-refractivity contribution >= 4 is 33.0 Å². The number of benzene rings is 2. The van der Waals surface area contributed by atoms with Crippen LogP contribution in [0.15, 0.2) is 47.4 Å². The summed E-state index contributed by atoms with van der Waals surface area (Å²) in [7, 11) is -2.48. The van der Waals surface area contributed by atoms with Gasteiger partial charge in [0.2, 0.25) is 5.91 Å². The van der Waals surface area contributed by atoms with E-state index in [-0.39, 0.29) is 23.1 Å². The van der Waals surface area contributed by atoms with Gasteiger partial charge >= 0.3 is 0 Å². The van der Waals surface area contributed by atoms with Gasteiger partial charge in [0.15, 0.2) is 0 Å². The highest BCUT2D eigenvalue weighted by Gasteiger charge is 2.38. The molecule has 2 aliphatic heterocycles. The van der Waals surface area contributed by atoms with E-state index in [1.54, 1.807) is 29.2 Å². The number of para-hydroxylation sites is 2. The summed E-state index contributed by atoms with van der Waals surface area (Å²) in [5, 5.41) is 3.39. The Balaban J connectivity index is 1.84. The summed E-state index contributed by atoms with van der Waals surface area (Å²) in [4.78, 5) is 13.9. The van der Waals surface area contributed by atoms with Gasteiger partial charge in [0, 0.05) is 18.7 Å². The smallest absolute Gasteiger partial charge is 0.268 e. The summed E-state index contributed by atoms with van der Waals surface area (Å²) in [5.41, 5.74) is 1.49. The highest BCUT2D eigenvalue weighted by atomic mass is 32.2. The van der Waals surface area contributed by atoms with Crippen LogP contribution in [0.4, 0.5) is 17.1 Å². The van der Waals surface area contributed by atoms with Crippen LogP contribution in [0.3, 0.4) is 0 Å². The summed E-state index contributed by atoms with van der Waals surface area (Å²) in [6, 6.07) is 12.2. The molecular weight excluding hydrogens is 390 g/mol. The molecule has 0 atom stereocenters. The van der Waals surface area contributed by atoms with Crippen LogP contribution in [0, 0.1) is 0 Å². The minimum absolute atomic E-state index is 0.00664. The number of nitrogens with one attached hydrogen (secondary N) is 1. The molecule has 1 N–H and O–H groups in total. The van der Waals surface area contributed by atoms with Crippen molar-refractivity contribution in [2.45, 2.75) is 37.1 Å². The largest absolute Gasteiger partial charge is 0.495 e. The fourth-order valence-electron chi connectivity index (χ4n) is 3.93. The van der Waals surface area contributed by atoms with E-state index in [2.05, 4.69) is 5.32 Å². The van der Waals surface area contributed by atoms with Gasteiger partial charge < -0.3 is 15.0 Å². The number of hydrogen-bond acceptors (Lipinski definition) is 5. The molecule has 0 aliphatic carbocycles. The lowest BCUT2D eigenvalue weighted by molar-refractivity contribution is -0.117.